The Kier molecular flexibility index (Phi) is 7.21. The van der Waals surface area contributed by atoms with Gasteiger partial charge in [0.1, 0.15) is 12.4 Å². The van der Waals surface area contributed by atoms with Crippen LogP contribution in [-0.2, 0) is 20.0 Å². The molecule has 8 nitrogen and oxygen atoms in total. The Bertz CT molecular complexity index is 852. The Labute approximate surface area is 172 Å². The highest BCUT2D eigenvalue weighted by atomic mass is 16.1. The van der Waals surface area contributed by atoms with Gasteiger partial charge in [-0.15, -0.1) is 10.2 Å². The predicted molar refractivity (Wildman–Crippen MR) is 114 cm³/mol. The summed E-state index contributed by atoms with van der Waals surface area (Å²) in [5.41, 5.74) is 1.79. The van der Waals surface area contributed by atoms with Gasteiger partial charge in [-0.2, -0.15) is 0 Å². The van der Waals surface area contributed by atoms with Gasteiger partial charge in [0.2, 0.25) is 0 Å². The van der Waals surface area contributed by atoms with Crippen LogP contribution in [0.1, 0.15) is 53.3 Å². The molecule has 0 radical (unpaired) electrons. The van der Waals surface area contributed by atoms with Crippen molar-refractivity contribution in [3.05, 3.63) is 47.0 Å². The van der Waals surface area contributed by atoms with Gasteiger partial charge < -0.3 is 20.5 Å². The zero-order valence-corrected chi connectivity index (χ0v) is 17.5. The van der Waals surface area contributed by atoms with Gasteiger partial charge in [0.25, 0.3) is 5.91 Å². The lowest BCUT2D eigenvalue weighted by Gasteiger charge is -2.17. The molecular weight excluding hydrogens is 366 g/mol. The second kappa shape index (κ2) is 10.0. The molecule has 0 bridgehead atoms. The van der Waals surface area contributed by atoms with E-state index in [2.05, 4.69) is 26.1 Å². The Morgan fingerprint density at radius 1 is 1.28 bits per heavy atom. The van der Waals surface area contributed by atoms with Crippen LogP contribution in [0.4, 0.5) is 0 Å². The van der Waals surface area contributed by atoms with Crippen molar-refractivity contribution < 1.29 is 4.79 Å². The monoisotopic (exact) mass is 397 g/mol. The van der Waals surface area contributed by atoms with Crippen molar-refractivity contribution in [3.63, 3.8) is 0 Å². The highest BCUT2D eigenvalue weighted by Crippen LogP contribution is 2.17. The molecule has 1 fully saturated rings. The highest BCUT2D eigenvalue weighted by molar-refractivity contribution is 5.94. The molecule has 1 aliphatic carbocycles. The molecular formula is C21H31N7O. The number of aliphatic imine (C=N–C) groups is 1. The fraction of sp³-hybridized carbons (Fsp3) is 0.524. The third-order valence-corrected chi connectivity index (χ3v) is 5.38. The van der Waals surface area contributed by atoms with E-state index in [-0.39, 0.29) is 5.91 Å². The summed E-state index contributed by atoms with van der Waals surface area (Å²) < 4.78 is 1.96. The zero-order valence-electron chi connectivity index (χ0n) is 17.5. The minimum atomic E-state index is -0.0658. The van der Waals surface area contributed by atoms with Crippen LogP contribution in [0.3, 0.4) is 0 Å². The number of rotatable bonds is 7. The largest absolute Gasteiger partial charge is 0.356 e. The van der Waals surface area contributed by atoms with Crippen molar-refractivity contribution in [2.75, 3.05) is 13.6 Å². The minimum absolute atomic E-state index is 0.0658. The molecule has 1 aliphatic rings. The summed E-state index contributed by atoms with van der Waals surface area (Å²) in [5, 5.41) is 17.9. The summed E-state index contributed by atoms with van der Waals surface area (Å²) in [6, 6.07) is 8.19. The van der Waals surface area contributed by atoms with Crippen molar-refractivity contribution in [2.45, 2.75) is 51.6 Å². The smallest absolute Gasteiger partial charge is 0.251 e. The average Bonchev–Trinajstić information content (AvgIpc) is 3.36. The van der Waals surface area contributed by atoms with Crippen LogP contribution in [0.25, 0.3) is 0 Å². The molecule has 3 N–H and O–H groups in total. The number of carbonyl (C=O) groups is 1. The van der Waals surface area contributed by atoms with Gasteiger partial charge in [-0.05, 0) is 43.9 Å². The van der Waals surface area contributed by atoms with E-state index in [0.29, 0.717) is 18.2 Å². The maximum Gasteiger partial charge on any atom is 0.251 e. The van der Waals surface area contributed by atoms with Gasteiger partial charge in [0.05, 0.1) is 0 Å². The van der Waals surface area contributed by atoms with Crippen molar-refractivity contribution in [1.82, 2.24) is 30.7 Å². The molecule has 3 rings (SSSR count). The van der Waals surface area contributed by atoms with Crippen molar-refractivity contribution in [2.24, 2.45) is 12.0 Å². The molecule has 0 atom stereocenters. The van der Waals surface area contributed by atoms with Gasteiger partial charge >= 0.3 is 0 Å². The lowest BCUT2D eigenvalue weighted by atomic mass is 10.1. The average molecular weight is 398 g/mol. The van der Waals surface area contributed by atoms with Crippen LogP contribution in [0, 0.1) is 6.92 Å². The van der Waals surface area contributed by atoms with Gasteiger partial charge in [-0.25, -0.2) is 4.99 Å². The number of amides is 1. The Balaban J connectivity index is 1.61. The van der Waals surface area contributed by atoms with Gasteiger partial charge in [-0.3, -0.25) is 4.79 Å². The first-order valence-corrected chi connectivity index (χ1v) is 10.3. The molecule has 0 spiro atoms. The molecule has 1 heterocycles. The lowest BCUT2D eigenvalue weighted by molar-refractivity contribution is 0.0963. The number of aromatic nitrogens is 3. The van der Waals surface area contributed by atoms with Crippen LogP contribution in [0.15, 0.2) is 29.3 Å². The number of hydrogen-bond acceptors (Lipinski definition) is 4. The van der Waals surface area contributed by atoms with Gasteiger partial charge in [-0.1, -0.05) is 25.0 Å². The number of nitrogens with one attached hydrogen (secondary N) is 3. The third kappa shape index (κ3) is 5.79. The van der Waals surface area contributed by atoms with Crippen LogP contribution < -0.4 is 16.0 Å². The third-order valence-electron chi connectivity index (χ3n) is 5.38. The summed E-state index contributed by atoms with van der Waals surface area (Å²) in [7, 11) is 3.60. The first kappa shape index (κ1) is 20.8. The van der Waals surface area contributed by atoms with Crippen LogP contribution in [-0.4, -0.2) is 46.3 Å². The summed E-state index contributed by atoms with van der Waals surface area (Å²) >= 11 is 0. The molecule has 1 amide bonds. The summed E-state index contributed by atoms with van der Waals surface area (Å²) in [6.45, 7) is 3.14. The number of aryl methyl sites for hydroxylation is 1. The number of guanidine groups is 1. The fourth-order valence-corrected chi connectivity index (χ4v) is 3.49. The van der Waals surface area contributed by atoms with E-state index >= 15 is 0 Å². The van der Waals surface area contributed by atoms with E-state index < -0.39 is 0 Å². The molecule has 0 aliphatic heterocycles. The van der Waals surface area contributed by atoms with Crippen molar-refractivity contribution in [3.8, 4) is 0 Å². The zero-order chi connectivity index (χ0) is 20.6. The van der Waals surface area contributed by atoms with E-state index in [0.717, 1.165) is 36.1 Å². The first-order chi connectivity index (χ1) is 14.1. The van der Waals surface area contributed by atoms with Crippen LogP contribution in [0.5, 0.6) is 0 Å². The molecule has 0 unspecified atom stereocenters. The minimum Gasteiger partial charge on any atom is -0.356 e. The van der Waals surface area contributed by atoms with Gasteiger partial charge in [0, 0.05) is 32.2 Å². The molecule has 0 saturated heterocycles. The Hall–Kier alpha value is -2.90. The number of hydrogen-bond donors (Lipinski definition) is 3. The SMILES string of the molecule is CNC(=O)c1cccc(CCNC(=NCc2nnc(C)n2C)NC2CCCC2)c1. The van der Waals surface area contributed by atoms with E-state index in [4.69, 9.17) is 4.99 Å². The van der Waals surface area contributed by atoms with Crippen molar-refractivity contribution in [1.29, 1.82) is 0 Å². The molecule has 1 aromatic carbocycles. The maximum atomic E-state index is 11.8. The van der Waals surface area contributed by atoms with E-state index in [1.54, 1.807) is 7.05 Å². The normalized spacial score (nSPS) is 14.8. The first-order valence-electron chi connectivity index (χ1n) is 10.3. The summed E-state index contributed by atoms with van der Waals surface area (Å²) in [5.74, 6) is 2.46. The van der Waals surface area contributed by atoms with Crippen LogP contribution >= 0.6 is 0 Å². The molecule has 29 heavy (non-hydrogen) atoms. The lowest BCUT2D eigenvalue weighted by Crippen LogP contribution is -2.43. The maximum absolute atomic E-state index is 11.8. The molecule has 156 valence electrons. The number of carbonyl (C=O) groups excluding carboxylic acids is 1. The second-order valence-corrected chi connectivity index (χ2v) is 7.47. The Morgan fingerprint density at radius 2 is 2.07 bits per heavy atom. The number of benzene rings is 1. The standard InChI is InChI=1S/C21H31N7O/c1-15-26-27-19(28(15)3)14-24-21(25-18-9-4-5-10-18)23-12-11-16-7-6-8-17(13-16)20(29)22-2/h6-8,13,18H,4-5,9-12,14H2,1-3H3,(H,22,29)(H2,23,24,25). The molecule has 1 saturated carbocycles. The fourth-order valence-electron chi connectivity index (χ4n) is 3.49. The molecule has 8 heteroatoms. The molecule has 2 aromatic rings. The summed E-state index contributed by atoms with van der Waals surface area (Å²) in [4.78, 5) is 16.6. The summed E-state index contributed by atoms with van der Waals surface area (Å²) in [6.07, 6.45) is 5.69. The second-order valence-electron chi connectivity index (χ2n) is 7.47. The number of nitrogens with zero attached hydrogens (tertiary/aromatic N) is 4. The Morgan fingerprint density at radius 3 is 2.76 bits per heavy atom. The van der Waals surface area contributed by atoms with Gasteiger partial charge in [0.15, 0.2) is 11.8 Å². The predicted octanol–water partition coefficient (Wildman–Crippen LogP) is 1.70. The van der Waals surface area contributed by atoms with Crippen molar-refractivity contribution >= 4 is 11.9 Å². The quantitative estimate of drug-likeness (QED) is 0.488. The van der Waals surface area contributed by atoms with E-state index in [9.17, 15) is 4.79 Å². The van der Waals surface area contributed by atoms with Crippen LogP contribution in [0.2, 0.25) is 0 Å². The van der Waals surface area contributed by atoms with E-state index in [1.165, 1.54) is 25.7 Å². The topological polar surface area (TPSA) is 96.2 Å². The molecule has 1 aromatic heterocycles. The highest BCUT2D eigenvalue weighted by Gasteiger charge is 2.16. The van der Waals surface area contributed by atoms with E-state index in [1.807, 2.05) is 42.8 Å².